The molecule has 0 aromatic carbocycles. The third-order valence-corrected chi connectivity index (χ3v) is 5.21. The van der Waals surface area contributed by atoms with Crippen LogP contribution in [0, 0.1) is 6.92 Å². The predicted molar refractivity (Wildman–Crippen MR) is 93.3 cm³/mol. The van der Waals surface area contributed by atoms with Crippen molar-refractivity contribution in [1.29, 1.82) is 0 Å². The molecule has 112 valence electrons. The van der Waals surface area contributed by atoms with E-state index in [-0.39, 0.29) is 0 Å². The van der Waals surface area contributed by atoms with Crippen LogP contribution in [-0.2, 0) is 0 Å². The van der Waals surface area contributed by atoms with Crippen molar-refractivity contribution in [3.63, 3.8) is 0 Å². The number of aryl methyl sites for hydroxylation is 1. The molecule has 1 aliphatic carbocycles. The summed E-state index contributed by atoms with van der Waals surface area (Å²) in [7, 11) is 0. The Balaban J connectivity index is 1.68. The van der Waals surface area contributed by atoms with Gasteiger partial charge in [0.1, 0.15) is 10.8 Å². The number of hydrogen-bond donors (Lipinski definition) is 2. The molecule has 1 aliphatic rings. The van der Waals surface area contributed by atoms with E-state index in [0.29, 0.717) is 12.0 Å². The molecule has 0 radical (unpaired) electrons. The number of hydrogen-bond acceptors (Lipinski definition) is 7. The van der Waals surface area contributed by atoms with E-state index in [1.54, 1.807) is 11.3 Å². The highest BCUT2D eigenvalue weighted by Crippen LogP contribution is 2.30. The summed E-state index contributed by atoms with van der Waals surface area (Å²) in [5.74, 6) is 1.51. The average Bonchev–Trinajstić information content (AvgIpc) is 3.21. The quantitative estimate of drug-likeness (QED) is 0.698. The lowest BCUT2D eigenvalue weighted by atomic mass is 10.2. The van der Waals surface area contributed by atoms with Gasteiger partial charge in [-0.3, -0.25) is 0 Å². The molecule has 5 nitrogen and oxygen atoms in total. The Kier molecular flexibility index (Phi) is 3.51. The first-order valence-corrected chi connectivity index (χ1v) is 8.82. The first-order chi connectivity index (χ1) is 10.8. The number of rotatable bonds is 4. The summed E-state index contributed by atoms with van der Waals surface area (Å²) < 4.78 is 5.37. The van der Waals surface area contributed by atoms with E-state index in [9.17, 15) is 0 Å². The van der Waals surface area contributed by atoms with E-state index in [0.717, 1.165) is 39.6 Å². The van der Waals surface area contributed by atoms with Crippen LogP contribution >= 0.6 is 22.9 Å². The van der Waals surface area contributed by atoms with Gasteiger partial charge in [-0.05, 0) is 48.8 Å². The summed E-state index contributed by atoms with van der Waals surface area (Å²) in [5.41, 5.74) is 1.96. The van der Waals surface area contributed by atoms with Crippen molar-refractivity contribution < 1.29 is 0 Å². The predicted octanol–water partition coefficient (Wildman–Crippen LogP) is 4.33. The number of nitrogens with one attached hydrogen (secondary N) is 2. The minimum Gasteiger partial charge on any atom is -0.363 e. The highest BCUT2D eigenvalue weighted by Gasteiger charge is 2.14. The molecule has 0 aliphatic heterocycles. The van der Waals surface area contributed by atoms with Crippen LogP contribution in [0.5, 0.6) is 0 Å². The molecule has 3 aromatic heterocycles. The molecule has 22 heavy (non-hydrogen) atoms. The molecule has 0 saturated heterocycles. The fraction of sp³-hybridized carbons (Fsp3) is 0.267. The molecule has 0 saturated carbocycles. The van der Waals surface area contributed by atoms with Crippen LogP contribution in [-0.4, -0.2) is 20.4 Å². The molecule has 0 bridgehead atoms. The summed E-state index contributed by atoms with van der Waals surface area (Å²) in [6.07, 6.45) is 6.67. The Morgan fingerprint density at radius 1 is 1.32 bits per heavy atom. The number of thiophene rings is 1. The number of aromatic nitrogens is 3. The summed E-state index contributed by atoms with van der Waals surface area (Å²) >= 11 is 3.09. The summed E-state index contributed by atoms with van der Waals surface area (Å²) in [5, 5.41) is 9.78. The lowest BCUT2D eigenvalue weighted by Crippen LogP contribution is -2.15. The van der Waals surface area contributed by atoms with Gasteiger partial charge in [-0.15, -0.1) is 11.3 Å². The molecule has 0 spiro atoms. The molecule has 4 rings (SSSR count). The van der Waals surface area contributed by atoms with Crippen LogP contribution in [0.15, 0.2) is 29.7 Å². The summed E-state index contributed by atoms with van der Waals surface area (Å²) in [4.78, 5) is 9.25. The van der Waals surface area contributed by atoms with E-state index >= 15 is 0 Å². The average molecular weight is 329 g/mol. The summed E-state index contributed by atoms with van der Waals surface area (Å²) in [6.45, 7) is 1.98. The van der Waals surface area contributed by atoms with Crippen LogP contribution in [0.2, 0.25) is 0 Å². The van der Waals surface area contributed by atoms with Gasteiger partial charge in [0, 0.05) is 6.04 Å². The van der Waals surface area contributed by atoms with Gasteiger partial charge in [-0.2, -0.15) is 9.36 Å². The van der Waals surface area contributed by atoms with E-state index < -0.39 is 0 Å². The maximum atomic E-state index is 4.66. The van der Waals surface area contributed by atoms with Crippen molar-refractivity contribution in [3.8, 4) is 0 Å². The highest BCUT2D eigenvalue weighted by molar-refractivity contribution is 7.17. The molecule has 0 fully saturated rings. The highest BCUT2D eigenvalue weighted by atomic mass is 32.1. The second kappa shape index (κ2) is 5.66. The van der Waals surface area contributed by atoms with Gasteiger partial charge in [-0.25, -0.2) is 4.98 Å². The van der Waals surface area contributed by atoms with Gasteiger partial charge < -0.3 is 10.6 Å². The SMILES string of the molecule is Cc1cc(Nc2nc(NC3C=CCC3)c3sccc3n2)sn1. The van der Waals surface area contributed by atoms with Crippen molar-refractivity contribution in [2.45, 2.75) is 25.8 Å². The molecule has 0 amide bonds. The fourth-order valence-corrected chi connectivity index (χ4v) is 3.92. The Morgan fingerprint density at radius 2 is 2.27 bits per heavy atom. The standard InChI is InChI=1S/C15H15N5S2/c1-9-8-12(22-20-9)18-15-17-11-6-7-21-13(11)14(19-15)16-10-4-2-3-5-10/h2,4,6-8,10H,3,5H2,1H3,(H2,16,17,18,19). The topological polar surface area (TPSA) is 62.7 Å². The molecular weight excluding hydrogens is 314 g/mol. The maximum Gasteiger partial charge on any atom is 0.230 e. The lowest BCUT2D eigenvalue weighted by Gasteiger charge is -2.13. The minimum absolute atomic E-state index is 0.360. The van der Waals surface area contributed by atoms with Crippen LogP contribution in [0.1, 0.15) is 18.5 Å². The molecule has 3 heterocycles. The van der Waals surface area contributed by atoms with Gasteiger partial charge in [0.15, 0.2) is 0 Å². The number of fused-ring (bicyclic) bond motifs is 1. The summed E-state index contributed by atoms with van der Waals surface area (Å²) in [6, 6.07) is 4.39. The molecule has 1 atom stereocenters. The lowest BCUT2D eigenvalue weighted by molar-refractivity contribution is 0.822. The third-order valence-electron chi connectivity index (χ3n) is 3.50. The molecule has 7 heteroatoms. The van der Waals surface area contributed by atoms with Crippen molar-refractivity contribution in [2.24, 2.45) is 0 Å². The van der Waals surface area contributed by atoms with E-state index in [2.05, 4.69) is 42.5 Å². The third kappa shape index (κ3) is 2.69. The molecule has 1 unspecified atom stereocenters. The van der Waals surface area contributed by atoms with Crippen LogP contribution < -0.4 is 10.6 Å². The molecule has 3 aromatic rings. The second-order valence-corrected chi connectivity index (χ2v) is 6.97. The second-order valence-electron chi connectivity index (χ2n) is 5.24. The van der Waals surface area contributed by atoms with E-state index in [4.69, 9.17) is 0 Å². The van der Waals surface area contributed by atoms with Crippen molar-refractivity contribution >= 4 is 49.9 Å². The number of anilines is 3. The first kappa shape index (κ1) is 13.7. The molecule has 2 N–H and O–H groups in total. The number of allylic oxidation sites excluding steroid dienone is 1. The monoisotopic (exact) mass is 329 g/mol. The van der Waals surface area contributed by atoms with E-state index in [1.165, 1.54) is 11.5 Å². The molecular formula is C15H15N5S2. The van der Waals surface area contributed by atoms with Crippen molar-refractivity contribution in [1.82, 2.24) is 14.3 Å². The zero-order chi connectivity index (χ0) is 14.9. The zero-order valence-electron chi connectivity index (χ0n) is 12.0. The van der Waals surface area contributed by atoms with Crippen LogP contribution in [0.4, 0.5) is 16.8 Å². The van der Waals surface area contributed by atoms with Gasteiger partial charge in [-0.1, -0.05) is 12.2 Å². The van der Waals surface area contributed by atoms with Crippen LogP contribution in [0.25, 0.3) is 10.2 Å². The Morgan fingerprint density at radius 3 is 3.05 bits per heavy atom. The van der Waals surface area contributed by atoms with Gasteiger partial charge in [0.25, 0.3) is 0 Å². The minimum atomic E-state index is 0.360. The van der Waals surface area contributed by atoms with Crippen LogP contribution in [0.3, 0.4) is 0 Å². The van der Waals surface area contributed by atoms with Gasteiger partial charge in [0.05, 0.1) is 15.9 Å². The maximum absolute atomic E-state index is 4.66. The zero-order valence-corrected chi connectivity index (χ0v) is 13.7. The Labute approximate surface area is 136 Å². The Hall–Kier alpha value is -1.99. The van der Waals surface area contributed by atoms with Crippen molar-refractivity contribution in [3.05, 3.63) is 35.4 Å². The van der Waals surface area contributed by atoms with Crippen molar-refractivity contribution in [2.75, 3.05) is 10.6 Å². The largest absolute Gasteiger partial charge is 0.363 e. The normalized spacial score (nSPS) is 17.2. The first-order valence-electron chi connectivity index (χ1n) is 7.17. The van der Waals surface area contributed by atoms with Gasteiger partial charge >= 0.3 is 0 Å². The van der Waals surface area contributed by atoms with E-state index in [1.807, 2.05) is 19.1 Å². The fourth-order valence-electron chi connectivity index (χ4n) is 2.48. The Bertz CT molecular complexity index is 835. The smallest absolute Gasteiger partial charge is 0.230 e. The van der Waals surface area contributed by atoms with Gasteiger partial charge in [0.2, 0.25) is 5.95 Å². The number of nitrogens with zero attached hydrogens (tertiary/aromatic N) is 3.